The van der Waals surface area contributed by atoms with Crippen molar-refractivity contribution in [3.63, 3.8) is 0 Å². The van der Waals surface area contributed by atoms with E-state index in [2.05, 4.69) is 39.8 Å². The summed E-state index contributed by atoms with van der Waals surface area (Å²) in [6, 6.07) is 4.33. The second-order valence-electron chi connectivity index (χ2n) is 8.18. The molecular weight excluding hydrogens is 296 g/mol. The molecule has 0 aliphatic heterocycles. The van der Waals surface area contributed by atoms with Crippen LogP contribution in [0.3, 0.4) is 0 Å². The van der Waals surface area contributed by atoms with Crippen molar-refractivity contribution in [2.24, 2.45) is 11.8 Å². The molecule has 0 saturated heterocycles. The lowest BCUT2D eigenvalue weighted by Crippen LogP contribution is -1.99. The summed E-state index contributed by atoms with van der Waals surface area (Å²) in [7, 11) is 0. The first-order chi connectivity index (χ1) is 11.6. The van der Waals surface area contributed by atoms with E-state index in [0.717, 1.165) is 29.4 Å². The fourth-order valence-electron chi connectivity index (χ4n) is 3.44. The zero-order chi connectivity index (χ0) is 17.4. The van der Waals surface area contributed by atoms with Crippen LogP contribution < -0.4 is 0 Å². The fraction of sp³-hybridized carbons (Fsp3) is 0.727. The second-order valence-corrected chi connectivity index (χ2v) is 8.18. The maximum Gasteiger partial charge on any atom is 0.229 e. The Balaban J connectivity index is 1.83. The Bertz CT molecular complexity index is 574. The molecule has 0 unspecified atom stereocenters. The smallest absolute Gasteiger partial charge is 0.229 e. The first-order valence-corrected chi connectivity index (χ1v) is 10.1. The van der Waals surface area contributed by atoms with Gasteiger partial charge in [0.05, 0.1) is 0 Å². The molecule has 0 aliphatic rings. The molecular formula is C22H36O2. The lowest BCUT2D eigenvalue weighted by atomic mass is 9.95. The SMILES string of the molecule is CC(C)CCCCCc1ccc2ooc2c1CCCCCC(C)C. The Hall–Kier alpha value is -1.18. The molecule has 1 aromatic carbocycles. The molecule has 0 spiro atoms. The third kappa shape index (κ3) is 6.03. The Labute approximate surface area is 147 Å². The summed E-state index contributed by atoms with van der Waals surface area (Å²) < 4.78 is 10.4. The molecule has 2 nitrogen and oxygen atoms in total. The van der Waals surface area contributed by atoms with Crippen molar-refractivity contribution in [3.8, 4) is 0 Å². The van der Waals surface area contributed by atoms with E-state index in [-0.39, 0.29) is 0 Å². The van der Waals surface area contributed by atoms with Crippen LogP contribution in [0.5, 0.6) is 0 Å². The summed E-state index contributed by atoms with van der Waals surface area (Å²) in [5.74, 6) is 1.65. The van der Waals surface area contributed by atoms with Crippen LogP contribution in [-0.4, -0.2) is 0 Å². The maximum absolute atomic E-state index is 5.30. The van der Waals surface area contributed by atoms with Crippen LogP contribution in [0.4, 0.5) is 0 Å². The van der Waals surface area contributed by atoms with E-state index in [1.807, 2.05) is 0 Å². The van der Waals surface area contributed by atoms with Crippen molar-refractivity contribution >= 4 is 11.2 Å². The van der Waals surface area contributed by atoms with Crippen LogP contribution in [0, 0.1) is 11.8 Å². The van der Waals surface area contributed by atoms with E-state index in [1.165, 1.54) is 68.9 Å². The number of unbranched alkanes of at least 4 members (excludes halogenated alkanes) is 4. The summed E-state index contributed by atoms with van der Waals surface area (Å²) in [5, 5.41) is 0. The highest BCUT2D eigenvalue weighted by Crippen LogP contribution is 2.29. The van der Waals surface area contributed by atoms with Crippen molar-refractivity contribution in [2.75, 3.05) is 0 Å². The van der Waals surface area contributed by atoms with Gasteiger partial charge < -0.3 is 0 Å². The van der Waals surface area contributed by atoms with Crippen LogP contribution >= 0.6 is 0 Å². The predicted octanol–water partition coefficient (Wildman–Crippen LogP) is 7.54. The lowest BCUT2D eigenvalue weighted by Gasteiger charge is -2.13. The van der Waals surface area contributed by atoms with Crippen LogP contribution in [0.15, 0.2) is 21.3 Å². The van der Waals surface area contributed by atoms with E-state index < -0.39 is 0 Å². The topological polar surface area (TPSA) is 26.3 Å². The normalized spacial score (nSPS) is 12.1. The van der Waals surface area contributed by atoms with Crippen LogP contribution in [0.2, 0.25) is 0 Å². The number of aryl methyl sites for hydroxylation is 2. The number of benzene rings is 1. The average Bonchev–Trinajstić information content (AvgIpc) is 2.48. The zero-order valence-electron chi connectivity index (χ0n) is 16.2. The van der Waals surface area contributed by atoms with Crippen molar-refractivity contribution in [3.05, 3.63) is 23.3 Å². The Morgan fingerprint density at radius 1 is 0.708 bits per heavy atom. The van der Waals surface area contributed by atoms with Gasteiger partial charge in [-0.15, -0.1) is 0 Å². The third-order valence-electron chi connectivity index (χ3n) is 4.97. The number of hydrogen-bond donors (Lipinski definition) is 0. The molecule has 0 N–H and O–H groups in total. The van der Waals surface area contributed by atoms with Gasteiger partial charge in [-0.25, -0.2) is 0 Å². The van der Waals surface area contributed by atoms with E-state index in [9.17, 15) is 0 Å². The van der Waals surface area contributed by atoms with Crippen molar-refractivity contribution in [2.45, 2.75) is 91.9 Å². The minimum atomic E-state index is 0.820. The molecule has 2 aromatic rings. The predicted molar refractivity (Wildman–Crippen MR) is 103 cm³/mol. The van der Waals surface area contributed by atoms with Crippen LogP contribution in [0.1, 0.15) is 90.2 Å². The molecule has 0 bridgehead atoms. The first kappa shape index (κ1) is 19.1. The Kier molecular flexibility index (Phi) is 7.94. The molecule has 136 valence electrons. The quantitative estimate of drug-likeness (QED) is 0.296. The number of rotatable bonds is 12. The molecule has 1 aromatic heterocycles. The van der Waals surface area contributed by atoms with Gasteiger partial charge in [0.25, 0.3) is 0 Å². The zero-order valence-corrected chi connectivity index (χ0v) is 16.2. The Morgan fingerprint density at radius 2 is 1.33 bits per heavy atom. The highest BCUT2D eigenvalue weighted by molar-refractivity contribution is 5.76. The summed E-state index contributed by atoms with van der Waals surface area (Å²) in [4.78, 5) is 0. The van der Waals surface area contributed by atoms with E-state index in [4.69, 9.17) is 9.15 Å². The van der Waals surface area contributed by atoms with Crippen molar-refractivity contribution in [1.29, 1.82) is 0 Å². The van der Waals surface area contributed by atoms with E-state index in [1.54, 1.807) is 0 Å². The summed E-state index contributed by atoms with van der Waals surface area (Å²) in [6.45, 7) is 9.24. The minimum Gasteiger partial charge on any atom is -0.286 e. The van der Waals surface area contributed by atoms with Crippen molar-refractivity contribution in [1.82, 2.24) is 0 Å². The van der Waals surface area contributed by atoms with Gasteiger partial charge >= 0.3 is 0 Å². The monoisotopic (exact) mass is 332 g/mol. The van der Waals surface area contributed by atoms with Gasteiger partial charge in [0, 0.05) is 5.56 Å². The van der Waals surface area contributed by atoms with Gasteiger partial charge in [0.1, 0.15) is 0 Å². The molecule has 0 saturated carbocycles. The molecule has 0 amide bonds. The second kappa shape index (κ2) is 9.96. The van der Waals surface area contributed by atoms with Gasteiger partial charge in [-0.05, 0) is 49.1 Å². The molecule has 2 heteroatoms. The van der Waals surface area contributed by atoms with E-state index in [0.29, 0.717) is 0 Å². The number of hydrogen-bond acceptors (Lipinski definition) is 2. The molecule has 0 aliphatic carbocycles. The first-order valence-electron chi connectivity index (χ1n) is 10.1. The maximum atomic E-state index is 5.30. The third-order valence-corrected chi connectivity index (χ3v) is 4.97. The molecule has 0 radical (unpaired) electrons. The van der Waals surface area contributed by atoms with Gasteiger partial charge in [-0.3, -0.25) is 9.15 Å². The van der Waals surface area contributed by atoms with Gasteiger partial charge in [0.2, 0.25) is 11.2 Å². The lowest BCUT2D eigenvalue weighted by molar-refractivity contribution is 0.0579. The van der Waals surface area contributed by atoms with Crippen molar-refractivity contribution < 1.29 is 9.15 Å². The van der Waals surface area contributed by atoms with Crippen LogP contribution in [0.25, 0.3) is 11.2 Å². The highest BCUT2D eigenvalue weighted by atomic mass is 17.0. The van der Waals surface area contributed by atoms with Crippen LogP contribution in [-0.2, 0) is 12.8 Å². The summed E-state index contributed by atoms with van der Waals surface area (Å²) in [5.41, 5.74) is 4.83. The minimum absolute atomic E-state index is 0.820. The largest absolute Gasteiger partial charge is 0.286 e. The highest BCUT2D eigenvalue weighted by Gasteiger charge is 2.15. The molecule has 2 rings (SSSR count). The van der Waals surface area contributed by atoms with Gasteiger partial charge in [0.15, 0.2) is 0 Å². The van der Waals surface area contributed by atoms with Gasteiger partial charge in [-0.1, -0.05) is 72.3 Å². The fourth-order valence-corrected chi connectivity index (χ4v) is 3.44. The summed E-state index contributed by atoms with van der Waals surface area (Å²) >= 11 is 0. The van der Waals surface area contributed by atoms with Gasteiger partial charge in [-0.2, -0.15) is 0 Å². The average molecular weight is 333 g/mol. The molecule has 0 atom stereocenters. The molecule has 1 heterocycles. The Morgan fingerprint density at radius 3 is 1.88 bits per heavy atom. The standard InChI is InChI=1S/C22H36O2/c1-17(2)11-7-5-9-13-19-15-16-21-22(24-23-21)20(19)14-10-6-8-12-18(3)4/h15-18H,5-14H2,1-4H3. The molecule has 0 fully saturated rings. The molecule has 24 heavy (non-hydrogen) atoms. The summed E-state index contributed by atoms with van der Waals surface area (Å²) in [6.07, 6.45) is 12.9. The number of fused-ring (bicyclic) bond motifs is 1. The van der Waals surface area contributed by atoms with E-state index >= 15 is 0 Å².